The molecule has 0 aromatic carbocycles. The summed E-state index contributed by atoms with van der Waals surface area (Å²) in [7, 11) is 0. The van der Waals surface area contributed by atoms with Crippen LogP contribution in [0.3, 0.4) is 0 Å². The van der Waals surface area contributed by atoms with E-state index < -0.39 is 0 Å². The number of rotatable bonds is 3. The number of aromatic nitrogens is 1. The summed E-state index contributed by atoms with van der Waals surface area (Å²) in [6.45, 7) is 4.44. The summed E-state index contributed by atoms with van der Waals surface area (Å²) >= 11 is 6.12. The second kappa shape index (κ2) is 6.18. The van der Waals surface area contributed by atoms with Crippen LogP contribution in [0.15, 0.2) is 18.3 Å². The van der Waals surface area contributed by atoms with Crippen molar-refractivity contribution >= 4 is 11.6 Å². The Labute approximate surface area is 118 Å². The molecule has 3 rings (SSSR count). The maximum atomic E-state index is 6.12. The van der Waals surface area contributed by atoms with Crippen molar-refractivity contribution < 1.29 is 9.47 Å². The van der Waals surface area contributed by atoms with Crippen LogP contribution in [0.2, 0.25) is 5.15 Å². The number of piperidine rings is 1. The molecule has 0 radical (unpaired) electrons. The first-order valence-corrected chi connectivity index (χ1v) is 7.25. The first-order chi connectivity index (χ1) is 9.33. The molecule has 0 N–H and O–H groups in total. The van der Waals surface area contributed by atoms with Gasteiger partial charge in [-0.25, -0.2) is 4.98 Å². The van der Waals surface area contributed by atoms with Crippen LogP contribution >= 0.6 is 11.6 Å². The van der Waals surface area contributed by atoms with Crippen LogP contribution in [0.25, 0.3) is 0 Å². The fourth-order valence-electron chi connectivity index (χ4n) is 2.88. The minimum absolute atomic E-state index is 0.00725. The molecule has 4 nitrogen and oxygen atoms in total. The second-order valence-corrected chi connectivity index (χ2v) is 5.56. The van der Waals surface area contributed by atoms with Crippen molar-refractivity contribution in [1.82, 2.24) is 9.88 Å². The monoisotopic (exact) mass is 282 g/mol. The minimum Gasteiger partial charge on any atom is -0.350 e. The van der Waals surface area contributed by atoms with Crippen molar-refractivity contribution in [2.45, 2.75) is 25.7 Å². The Morgan fingerprint density at radius 2 is 2.21 bits per heavy atom. The van der Waals surface area contributed by atoms with Gasteiger partial charge in [0, 0.05) is 30.8 Å². The van der Waals surface area contributed by atoms with E-state index >= 15 is 0 Å². The summed E-state index contributed by atoms with van der Waals surface area (Å²) in [5.74, 6) is 0.478. The highest BCUT2D eigenvalue weighted by Gasteiger charge is 2.31. The van der Waals surface area contributed by atoms with E-state index in [0.29, 0.717) is 11.1 Å². The van der Waals surface area contributed by atoms with Gasteiger partial charge in [-0.3, -0.25) is 4.90 Å². The smallest absolute Gasteiger partial charge is 0.161 e. The molecular weight excluding hydrogens is 264 g/mol. The molecule has 1 aromatic heterocycles. The molecule has 0 aliphatic carbocycles. The third-order valence-corrected chi connectivity index (χ3v) is 4.15. The number of pyridine rings is 1. The lowest BCUT2D eigenvalue weighted by atomic mass is 9.97. The van der Waals surface area contributed by atoms with E-state index in [9.17, 15) is 0 Å². The van der Waals surface area contributed by atoms with Crippen molar-refractivity contribution in [2.24, 2.45) is 5.92 Å². The Kier molecular flexibility index (Phi) is 4.33. The fourth-order valence-corrected chi connectivity index (χ4v) is 3.06. The van der Waals surface area contributed by atoms with Crippen LogP contribution < -0.4 is 0 Å². The molecule has 1 aromatic rings. The largest absolute Gasteiger partial charge is 0.350 e. The normalized spacial score (nSPS) is 25.8. The van der Waals surface area contributed by atoms with Gasteiger partial charge >= 0.3 is 0 Å². The van der Waals surface area contributed by atoms with E-state index in [2.05, 4.69) is 9.88 Å². The van der Waals surface area contributed by atoms with Gasteiger partial charge < -0.3 is 9.47 Å². The maximum absolute atomic E-state index is 6.12. The highest BCUT2D eigenvalue weighted by atomic mass is 35.5. The molecule has 0 spiro atoms. The Morgan fingerprint density at radius 1 is 1.37 bits per heavy atom. The number of hydrogen-bond acceptors (Lipinski definition) is 4. The summed E-state index contributed by atoms with van der Waals surface area (Å²) < 4.78 is 11.3. The number of likely N-dealkylation sites (tertiary alicyclic amines) is 1. The van der Waals surface area contributed by atoms with Crippen LogP contribution in [-0.2, 0) is 16.0 Å². The molecule has 5 heteroatoms. The summed E-state index contributed by atoms with van der Waals surface area (Å²) in [6, 6.07) is 3.98. The predicted octanol–water partition coefficient (Wildman–Crippen LogP) is 2.32. The lowest BCUT2D eigenvalue weighted by Crippen LogP contribution is -2.40. The van der Waals surface area contributed by atoms with Gasteiger partial charge in [-0.05, 0) is 25.5 Å². The molecule has 1 unspecified atom stereocenters. The van der Waals surface area contributed by atoms with E-state index in [1.165, 1.54) is 12.8 Å². The molecule has 1 atom stereocenters. The SMILES string of the molecule is Clc1ncccc1CN1CCCC(C2OCCO2)C1. The van der Waals surface area contributed by atoms with Gasteiger partial charge in [0.15, 0.2) is 6.29 Å². The third-order valence-electron chi connectivity index (χ3n) is 3.80. The van der Waals surface area contributed by atoms with Crippen molar-refractivity contribution in [3.05, 3.63) is 29.0 Å². The van der Waals surface area contributed by atoms with Crippen LogP contribution in [0.1, 0.15) is 18.4 Å². The van der Waals surface area contributed by atoms with E-state index in [1.54, 1.807) is 6.20 Å². The van der Waals surface area contributed by atoms with E-state index in [1.807, 2.05) is 12.1 Å². The zero-order chi connectivity index (χ0) is 13.1. The Balaban J connectivity index is 1.60. The zero-order valence-corrected chi connectivity index (χ0v) is 11.7. The Hall–Kier alpha value is -0.680. The van der Waals surface area contributed by atoms with E-state index in [4.69, 9.17) is 21.1 Å². The molecular formula is C14H19ClN2O2. The molecule has 0 saturated carbocycles. The molecule has 2 aliphatic heterocycles. The van der Waals surface area contributed by atoms with E-state index in [-0.39, 0.29) is 6.29 Å². The molecule has 3 heterocycles. The number of ether oxygens (including phenoxy) is 2. The topological polar surface area (TPSA) is 34.6 Å². The van der Waals surface area contributed by atoms with Gasteiger partial charge in [-0.15, -0.1) is 0 Å². The lowest BCUT2D eigenvalue weighted by Gasteiger charge is -2.34. The van der Waals surface area contributed by atoms with Gasteiger partial charge in [-0.1, -0.05) is 17.7 Å². The van der Waals surface area contributed by atoms with Crippen molar-refractivity contribution in [1.29, 1.82) is 0 Å². The molecule has 0 bridgehead atoms. The number of halogens is 1. The number of hydrogen-bond donors (Lipinski definition) is 0. The van der Waals surface area contributed by atoms with Crippen molar-refractivity contribution in [3.8, 4) is 0 Å². The summed E-state index contributed by atoms with van der Waals surface area (Å²) in [6.07, 6.45) is 4.09. The van der Waals surface area contributed by atoms with Crippen LogP contribution in [-0.4, -0.2) is 42.5 Å². The van der Waals surface area contributed by atoms with E-state index in [0.717, 1.165) is 38.4 Å². The Bertz CT molecular complexity index is 424. The van der Waals surface area contributed by atoms with Gasteiger partial charge in [0.05, 0.1) is 13.2 Å². The predicted molar refractivity (Wildman–Crippen MR) is 72.9 cm³/mol. The first kappa shape index (κ1) is 13.3. The van der Waals surface area contributed by atoms with Gasteiger partial charge in [0.2, 0.25) is 0 Å². The van der Waals surface area contributed by atoms with Gasteiger partial charge in [0.25, 0.3) is 0 Å². The van der Waals surface area contributed by atoms with Gasteiger partial charge in [-0.2, -0.15) is 0 Å². The standard InChI is InChI=1S/C14H19ClN2O2/c15-13-11(3-1-5-16-13)9-17-6-2-4-12(10-17)14-18-7-8-19-14/h1,3,5,12,14H,2,4,6-10H2. The molecule has 2 fully saturated rings. The van der Waals surface area contributed by atoms with Crippen molar-refractivity contribution in [2.75, 3.05) is 26.3 Å². The molecule has 104 valence electrons. The Morgan fingerprint density at radius 3 is 3.00 bits per heavy atom. The molecule has 0 amide bonds. The lowest BCUT2D eigenvalue weighted by molar-refractivity contribution is -0.101. The minimum atomic E-state index is -0.00725. The van der Waals surface area contributed by atoms with Crippen molar-refractivity contribution in [3.63, 3.8) is 0 Å². The molecule has 2 saturated heterocycles. The number of nitrogens with zero attached hydrogens (tertiary/aromatic N) is 2. The fraction of sp³-hybridized carbons (Fsp3) is 0.643. The van der Waals surface area contributed by atoms with Crippen LogP contribution in [0, 0.1) is 5.92 Å². The second-order valence-electron chi connectivity index (χ2n) is 5.20. The third kappa shape index (κ3) is 3.26. The van der Waals surface area contributed by atoms with Crippen LogP contribution in [0.4, 0.5) is 0 Å². The zero-order valence-electron chi connectivity index (χ0n) is 10.9. The summed E-state index contributed by atoms with van der Waals surface area (Å²) in [5.41, 5.74) is 1.10. The summed E-state index contributed by atoms with van der Waals surface area (Å²) in [4.78, 5) is 6.55. The summed E-state index contributed by atoms with van der Waals surface area (Å²) in [5, 5.41) is 0.609. The maximum Gasteiger partial charge on any atom is 0.161 e. The highest BCUT2D eigenvalue weighted by molar-refractivity contribution is 6.30. The average molecular weight is 283 g/mol. The molecule has 19 heavy (non-hydrogen) atoms. The molecule has 2 aliphatic rings. The average Bonchev–Trinajstić information content (AvgIpc) is 2.96. The quantitative estimate of drug-likeness (QED) is 0.797. The van der Waals surface area contributed by atoms with Gasteiger partial charge in [0.1, 0.15) is 5.15 Å². The van der Waals surface area contributed by atoms with Crippen LogP contribution in [0.5, 0.6) is 0 Å². The first-order valence-electron chi connectivity index (χ1n) is 6.88. The highest BCUT2D eigenvalue weighted by Crippen LogP contribution is 2.26.